The van der Waals surface area contributed by atoms with E-state index in [9.17, 15) is 4.39 Å². The standard InChI is InChI=1S/C17H19FO/c1-12(2)15-8-7-13(3)17(10-15)19-11-14-5-4-6-16(18)9-14/h4-10,12H,11H2,1-3H3. The van der Waals surface area contributed by atoms with E-state index in [2.05, 4.69) is 32.0 Å². The van der Waals surface area contributed by atoms with Crippen LogP contribution in [0.3, 0.4) is 0 Å². The Hall–Kier alpha value is -1.83. The van der Waals surface area contributed by atoms with Crippen LogP contribution in [0.1, 0.15) is 36.5 Å². The van der Waals surface area contributed by atoms with E-state index in [1.54, 1.807) is 6.07 Å². The highest BCUT2D eigenvalue weighted by Gasteiger charge is 2.05. The molecule has 0 spiro atoms. The monoisotopic (exact) mass is 258 g/mol. The van der Waals surface area contributed by atoms with Gasteiger partial charge in [0.25, 0.3) is 0 Å². The van der Waals surface area contributed by atoms with E-state index in [4.69, 9.17) is 4.74 Å². The molecular weight excluding hydrogens is 239 g/mol. The molecule has 2 aromatic rings. The minimum atomic E-state index is -0.228. The van der Waals surface area contributed by atoms with E-state index in [1.165, 1.54) is 17.7 Å². The Kier molecular flexibility index (Phi) is 4.20. The molecule has 0 saturated heterocycles. The number of aryl methyl sites for hydroxylation is 1. The van der Waals surface area contributed by atoms with Crippen LogP contribution >= 0.6 is 0 Å². The van der Waals surface area contributed by atoms with Gasteiger partial charge in [-0.15, -0.1) is 0 Å². The minimum absolute atomic E-state index is 0.228. The Bertz CT molecular complexity index is 561. The Labute approximate surface area is 114 Å². The highest BCUT2D eigenvalue weighted by molar-refractivity contribution is 5.38. The fourth-order valence-corrected chi connectivity index (χ4v) is 1.92. The summed E-state index contributed by atoms with van der Waals surface area (Å²) in [5.41, 5.74) is 3.19. The van der Waals surface area contributed by atoms with Crippen molar-refractivity contribution in [3.05, 3.63) is 65.0 Å². The smallest absolute Gasteiger partial charge is 0.123 e. The predicted octanol–water partition coefficient (Wildman–Crippen LogP) is 4.84. The third kappa shape index (κ3) is 3.57. The Balaban J connectivity index is 2.12. The van der Waals surface area contributed by atoms with Crippen LogP contribution in [0.25, 0.3) is 0 Å². The first kappa shape index (κ1) is 13.6. The van der Waals surface area contributed by atoms with E-state index < -0.39 is 0 Å². The van der Waals surface area contributed by atoms with Crippen LogP contribution in [-0.2, 0) is 6.61 Å². The molecule has 2 rings (SSSR count). The molecule has 0 heterocycles. The van der Waals surface area contributed by atoms with E-state index in [0.29, 0.717) is 12.5 Å². The molecule has 0 bridgehead atoms. The number of benzene rings is 2. The van der Waals surface area contributed by atoms with Gasteiger partial charge in [0.15, 0.2) is 0 Å². The van der Waals surface area contributed by atoms with Crippen LogP contribution in [0.5, 0.6) is 5.75 Å². The van der Waals surface area contributed by atoms with Crippen molar-refractivity contribution >= 4 is 0 Å². The molecule has 0 N–H and O–H groups in total. The molecule has 100 valence electrons. The largest absolute Gasteiger partial charge is 0.489 e. The summed E-state index contributed by atoms with van der Waals surface area (Å²) < 4.78 is 18.9. The highest BCUT2D eigenvalue weighted by Crippen LogP contribution is 2.25. The lowest BCUT2D eigenvalue weighted by molar-refractivity contribution is 0.303. The van der Waals surface area contributed by atoms with Gasteiger partial charge in [0.2, 0.25) is 0 Å². The molecule has 0 aliphatic carbocycles. The van der Waals surface area contributed by atoms with Crippen LogP contribution in [0.4, 0.5) is 4.39 Å². The Morgan fingerprint density at radius 1 is 1.11 bits per heavy atom. The number of rotatable bonds is 4. The fraction of sp³-hybridized carbons (Fsp3) is 0.294. The molecule has 0 saturated carbocycles. The van der Waals surface area contributed by atoms with Crippen molar-refractivity contribution in [2.45, 2.75) is 33.3 Å². The van der Waals surface area contributed by atoms with Gasteiger partial charge in [0, 0.05) is 0 Å². The average molecular weight is 258 g/mol. The van der Waals surface area contributed by atoms with Gasteiger partial charge in [-0.2, -0.15) is 0 Å². The summed E-state index contributed by atoms with van der Waals surface area (Å²) in [6.07, 6.45) is 0. The lowest BCUT2D eigenvalue weighted by Gasteiger charge is -2.13. The zero-order valence-corrected chi connectivity index (χ0v) is 11.6. The van der Waals surface area contributed by atoms with Crippen LogP contribution in [0.2, 0.25) is 0 Å². The Morgan fingerprint density at radius 3 is 2.58 bits per heavy atom. The minimum Gasteiger partial charge on any atom is -0.489 e. The topological polar surface area (TPSA) is 9.23 Å². The van der Waals surface area contributed by atoms with Gasteiger partial charge < -0.3 is 4.74 Å². The molecule has 0 radical (unpaired) electrons. The van der Waals surface area contributed by atoms with Crippen molar-refractivity contribution in [1.82, 2.24) is 0 Å². The maximum Gasteiger partial charge on any atom is 0.123 e. The van der Waals surface area contributed by atoms with Gasteiger partial charge in [-0.1, -0.05) is 38.1 Å². The Morgan fingerprint density at radius 2 is 1.89 bits per heavy atom. The van der Waals surface area contributed by atoms with Crippen molar-refractivity contribution in [2.75, 3.05) is 0 Å². The second-order valence-electron chi connectivity index (χ2n) is 5.10. The number of hydrogen-bond acceptors (Lipinski definition) is 1. The van der Waals surface area contributed by atoms with Gasteiger partial charge in [-0.25, -0.2) is 4.39 Å². The molecule has 2 heteroatoms. The zero-order valence-electron chi connectivity index (χ0n) is 11.6. The summed E-state index contributed by atoms with van der Waals surface area (Å²) in [6.45, 7) is 6.72. The molecule has 0 atom stereocenters. The first-order valence-corrected chi connectivity index (χ1v) is 6.54. The number of hydrogen-bond donors (Lipinski definition) is 0. The summed E-state index contributed by atoms with van der Waals surface area (Å²) in [5.74, 6) is 1.11. The molecule has 0 fully saturated rings. The summed E-state index contributed by atoms with van der Waals surface area (Å²) >= 11 is 0. The first-order chi connectivity index (χ1) is 9.06. The predicted molar refractivity (Wildman–Crippen MR) is 76.0 cm³/mol. The average Bonchev–Trinajstić information content (AvgIpc) is 2.37. The van der Waals surface area contributed by atoms with Gasteiger partial charge in [0.05, 0.1) is 0 Å². The number of halogens is 1. The third-order valence-corrected chi connectivity index (χ3v) is 3.16. The van der Waals surface area contributed by atoms with Crippen LogP contribution in [-0.4, -0.2) is 0 Å². The van der Waals surface area contributed by atoms with Crippen molar-refractivity contribution in [3.63, 3.8) is 0 Å². The van der Waals surface area contributed by atoms with Crippen LogP contribution < -0.4 is 4.74 Å². The quantitative estimate of drug-likeness (QED) is 0.762. The molecular formula is C17H19FO. The zero-order chi connectivity index (χ0) is 13.8. The van der Waals surface area contributed by atoms with Gasteiger partial charge in [-0.3, -0.25) is 0 Å². The highest BCUT2D eigenvalue weighted by atomic mass is 19.1. The lowest BCUT2D eigenvalue weighted by atomic mass is 10.0. The van der Waals surface area contributed by atoms with Crippen molar-refractivity contribution < 1.29 is 9.13 Å². The second kappa shape index (κ2) is 5.87. The summed E-state index contributed by atoms with van der Waals surface area (Å²) in [7, 11) is 0. The van der Waals surface area contributed by atoms with Crippen LogP contribution in [0, 0.1) is 12.7 Å². The maximum atomic E-state index is 13.1. The molecule has 1 nitrogen and oxygen atoms in total. The normalized spacial score (nSPS) is 10.8. The van der Waals surface area contributed by atoms with Gasteiger partial charge in [-0.05, 0) is 47.7 Å². The first-order valence-electron chi connectivity index (χ1n) is 6.54. The molecule has 0 aromatic heterocycles. The number of ether oxygens (including phenoxy) is 1. The lowest BCUT2D eigenvalue weighted by Crippen LogP contribution is -1.99. The van der Waals surface area contributed by atoms with Gasteiger partial charge in [0.1, 0.15) is 18.2 Å². The van der Waals surface area contributed by atoms with E-state index >= 15 is 0 Å². The maximum absolute atomic E-state index is 13.1. The molecule has 0 aliphatic heterocycles. The fourth-order valence-electron chi connectivity index (χ4n) is 1.92. The summed E-state index contributed by atoms with van der Waals surface area (Å²) in [6, 6.07) is 12.8. The molecule has 0 amide bonds. The third-order valence-electron chi connectivity index (χ3n) is 3.16. The summed E-state index contributed by atoms with van der Waals surface area (Å²) in [4.78, 5) is 0. The van der Waals surface area contributed by atoms with Gasteiger partial charge >= 0.3 is 0 Å². The molecule has 0 aliphatic rings. The second-order valence-corrected chi connectivity index (χ2v) is 5.10. The summed E-state index contributed by atoms with van der Waals surface area (Å²) in [5, 5.41) is 0. The molecule has 2 aromatic carbocycles. The van der Waals surface area contributed by atoms with Crippen molar-refractivity contribution in [3.8, 4) is 5.75 Å². The van der Waals surface area contributed by atoms with Crippen molar-refractivity contribution in [2.24, 2.45) is 0 Å². The van der Waals surface area contributed by atoms with E-state index in [1.807, 2.05) is 13.0 Å². The SMILES string of the molecule is Cc1ccc(C(C)C)cc1OCc1cccc(F)c1. The molecule has 0 unspecified atom stereocenters. The van der Waals surface area contributed by atoms with E-state index in [0.717, 1.165) is 16.9 Å². The van der Waals surface area contributed by atoms with Crippen molar-refractivity contribution in [1.29, 1.82) is 0 Å². The van der Waals surface area contributed by atoms with Crippen LogP contribution in [0.15, 0.2) is 42.5 Å². The van der Waals surface area contributed by atoms with E-state index in [-0.39, 0.29) is 5.82 Å². The molecule has 19 heavy (non-hydrogen) atoms.